The van der Waals surface area contributed by atoms with E-state index in [0.717, 1.165) is 52.4 Å². The van der Waals surface area contributed by atoms with Gasteiger partial charge in [-0.1, -0.05) is 6.07 Å². The summed E-state index contributed by atoms with van der Waals surface area (Å²) in [6, 6.07) is 3.38. The molecule has 0 bridgehead atoms. The second-order valence-corrected chi connectivity index (χ2v) is 10.1. The maximum absolute atomic E-state index is 13.0. The summed E-state index contributed by atoms with van der Waals surface area (Å²) in [5.74, 6) is 0.0288. The lowest BCUT2D eigenvalue weighted by molar-refractivity contribution is -0.131. The number of amides is 1. The van der Waals surface area contributed by atoms with Crippen molar-refractivity contribution in [3.8, 4) is 0 Å². The molecule has 0 atom stereocenters. The zero-order valence-corrected chi connectivity index (χ0v) is 17.8. The number of hydrogen-bond donors (Lipinski definition) is 1. The minimum Gasteiger partial charge on any atom is -0.379 e. The molecular weight excluding hydrogens is 400 g/mol. The van der Waals surface area contributed by atoms with Crippen LogP contribution in [0, 0.1) is 0 Å². The normalized spacial score (nSPS) is 19.2. The zero-order valence-electron chi connectivity index (χ0n) is 16.2. The van der Waals surface area contributed by atoms with Crippen molar-refractivity contribution in [2.45, 2.75) is 17.1 Å². The number of thiophene rings is 1. The van der Waals surface area contributed by atoms with Crippen LogP contribution in [0.3, 0.4) is 0 Å². The molecule has 3 heterocycles. The predicted molar refractivity (Wildman–Crippen MR) is 109 cm³/mol. The van der Waals surface area contributed by atoms with Crippen molar-refractivity contribution in [2.75, 3.05) is 72.1 Å². The van der Waals surface area contributed by atoms with Gasteiger partial charge >= 0.3 is 0 Å². The van der Waals surface area contributed by atoms with Crippen LogP contribution in [0.5, 0.6) is 0 Å². The van der Waals surface area contributed by atoms with Gasteiger partial charge in [-0.25, -0.2) is 8.42 Å². The number of nitrogens with zero attached hydrogens (tertiary/aromatic N) is 3. The first kappa shape index (κ1) is 21.7. The van der Waals surface area contributed by atoms with Crippen LogP contribution in [0.1, 0.15) is 12.8 Å². The van der Waals surface area contributed by atoms with E-state index in [2.05, 4.69) is 10.2 Å². The number of hydrogen-bond acceptors (Lipinski definition) is 7. The highest BCUT2D eigenvalue weighted by Gasteiger charge is 2.27. The number of rotatable bonds is 9. The lowest BCUT2D eigenvalue weighted by Crippen LogP contribution is -2.47. The van der Waals surface area contributed by atoms with E-state index in [-0.39, 0.29) is 18.9 Å². The van der Waals surface area contributed by atoms with Crippen LogP contribution in [0.2, 0.25) is 0 Å². The number of piperazine rings is 1. The van der Waals surface area contributed by atoms with Crippen molar-refractivity contribution in [1.82, 2.24) is 19.4 Å². The molecule has 0 aliphatic carbocycles. The standard InChI is InChI=1S/C18H30N4O4S2/c23-17(21-10-5-19-6-11-21)4-9-22(28(24,25)18-3-1-16-27-18)8-2-7-20-12-14-26-15-13-20/h1,3,16,19H,2,4-15H2. The summed E-state index contributed by atoms with van der Waals surface area (Å²) in [6.07, 6.45) is 0.967. The molecule has 0 radical (unpaired) electrons. The summed E-state index contributed by atoms with van der Waals surface area (Å²) in [6.45, 7) is 7.70. The molecule has 1 N–H and O–H groups in total. The number of carbonyl (C=O) groups is 1. The van der Waals surface area contributed by atoms with Crippen molar-refractivity contribution in [1.29, 1.82) is 0 Å². The molecule has 158 valence electrons. The first-order valence-corrected chi connectivity index (χ1v) is 12.2. The number of carbonyl (C=O) groups excluding carboxylic acids is 1. The van der Waals surface area contributed by atoms with Gasteiger partial charge in [0.25, 0.3) is 10.0 Å². The molecule has 0 aromatic carbocycles. The molecule has 0 saturated carbocycles. The van der Waals surface area contributed by atoms with Crippen LogP contribution in [0.4, 0.5) is 0 Å². The van der Waals surface area contributed by atoms with E-state index in [9.17, 15) is 13.2 Å². The van der Waals surface area contributed by atoms with Gasteiger partial charge in [-0.05, 0) is 24.4 Å². The zero-order chi connectivity index (χ0) is 19.8. The van der Waals surface area contributed by atoms with Gasteiger partial charge < -0.3 is 15.0 Å². The van der Waals surface area contributed by atoms with E-state index < -0.39 is 10.0 Å². The SMILES string of the molecule is O=C(CCN(CCCN1CCOCC1)S(=O)(=O)c1cccs1)N1CCNCC1. The molecular formula is C18H30N4O4S2. The van der Waals surface area contributed by atoms with Crippen molar-refractivity contribution >= 4 is 27.3 Å². The lowest BCUT2D eigenvalue weighted by Gasteiger charge is -2.29. The second kappa shape index (κ2) is 10.7. The van der Waals surface area contributed by atoms with Crippen molar-refractivity contribution in [3.05, 3.63) is 17.5 Å². The molecule has 2 aliphatic heterocycles. The van der Waals surface area contributed by atoms with E-state index in [0.29, 0.717) is 23.8 Å². The second-order valence-electron chi connectivity index (χ2n) is 7.02. The van der Waals surface area contributed by atoms with Gasteiger partial charge in [-0.2, -0.15) is 4.31 Å². The Kier molecular flexibility index (Phi) is 8.24. The summed E-state index contributed by atoms with van der Waals surface area (Å²) in [4.78, 5) is 16.6. The van der Waals surface area contributed by atoms with Crippen molar-refractivity contribution < 1.29 is 17.9 Å². The van der Waals surface area contributed by atoms with Crippen molar-refractivity contribution in [3.63, 3.8) is 0 Å². The quantitative estimate of drug-likeness (QED) is 0.606. The highest BCUT2D eigenvalue weighted by atomic mass is 32.2. The fourth-order valence-electron chi connectivity index (χ4n) is 3.48. The highest BCUT2D eigenvalue weighted by molar-refractivity contribution is 7.91. The van der Waals surface area contributed by atoms with E-state index in [1.54, 1.807) is 17.5 Å². The minimum atomic E-state index is -3.56. The fourth-order valence-corrected chi connectivity index (χ4v) is 6.10. The van der Waals surface area contributed by atoms with Crippen molar-refractivity contribution in [2.24, 2.45) is 0 Å². The first-order chi connectivity index (χ1) is 13.6. The summed E-state index contributed by atoms with van der Waals surface area (Å²) in [5.41, 5.74) is 0. The number of nitrogens with one attached hydrogen (secondary N) is 1. The lowest BCUT2D eigenvalue weighted by atomic mass is 10.3. The van der Waals surface area contributed by atoms with Gasteiger partial charge in [-0.3, -0.25) is 9.69 Å². The molecule has 10 heteroatoms. The summed E-state index contributed by atoms with van der Waals surface area (Å²) < 4.78 is 33.3. The summed E-state index contributed by atoms with van der Waals surface area (Å²) in [7, 11) is -3.56. The van der Waals surface area contributed by atoms with Crippen LogP contribution in [0.25, 0.3) is 0 Å². The van der Waals surface area contributed by atoms with Crippen LogP contribution < -0.4 is 5.32 Å². The van der Waals surface area contributed by atoms with Crippen LogP contribution in [0.15, 0.2) is 21.7 Å². The third-order valence-electron chi connectivity index (χ3n) is 5.12. The molecule has 1 amide bonds. The minimum absolute atomic E-state index is 0.0288. The molecule has 1 aromatic rings. The fraction of sp³-hybridized carbons (Fsp3) is 0.722. The molecule has 28 heavy (non-hydrogen) atoms. The molecule has 2 saturated heterocycles. The Labute approximate surface area is 171 Å². The van der Waals surface area contributed by atoms with Crippen LogP contribution >= 0.6 is 11.3 Å². The molecule has 0 unspecified atom stereocenters. The molecule has 2 aliphatic rings. The Morgan fingerprint density at radius 3 is 2.61 bits per heavy atom. The smallest absolute Gasteiger partial charge is 0.252 e. The van der Waals surface area contributed by atoms with Gasteiger partial charge in [0.2, 0.25) is 5.91 Å². The van der Waals surface area contributed by atoms with Gasteiger partial charge in [0.05, 0.1) is 13.2 Å². The Hall–Kier alpha value is -1.04. The molecule has 1 aromatic heterocycles. The summed E-state index contributed by atoms with van der Waals surface area (Å²) >= 11 is 1.22. The Balaban J connectivity index is 1.58. The number of morpholine rings is 1. The third-order valence-corrected chi connectivity index (χ3v) is 8.39. The Morgan fingerprint density at radius 1 is 1.18 bits per heavy atom. The monoisotopic (exact) mass is 430 g/mol. The molecule has 2 fully saturated rings. The average Bonchev–Trinajstić information content (AvgIpc) is 3.27. The molecule has 3 rings (SSSR count). The maximum Gasteiger partial charge on any atom is 0.252 e. The Bertz CT molecular complexity index is 699. The molecule has 0 spiro atoms. The largest absolute Gasteiger partial charge is 0.379 e. The van der Waals surface area contributed by atoms with Gasteiger partial charge in [-0.15, -0.1) is 11.3 Å². The van der Waals surface area contributed by atoms with Crippen LogP contribution in [-0.2, 0) is 19.6 Å². The van der Waals surface area contributed by atoms with Gasteiger partial charge in [0.1, 0.15) is 4.21 Å². The number of ether oxygens (including phenoxy) is 1. The average molecular weight is 431 g/mol. The first-order valence-electron chi connectivity index (χ1n) is 9.89. The van der Waals surface area contributed by atoms with E-state index in [1.165, 1.54) is 15.6 Å². The number of sulfonamides is 1. The maximum atomic E-state index is 13.0. The third kappa shape index (κ3) is 5.98. The van der Waals surface area contributed by atoms with Crippen LogP contribution in [-0.4, -0.2) is 101 Å². The van der Waals surface area contributed by atoms with E-state index in [1.807, 2.05) is 4.90 Å². The molecule has 8 nitrogen and oxygen atoms in total. The Morgan fingerprint density at radius 2 is 1.93 bits per heavy atom. The summed E-state index contributed by atoms with van der Waals surface area (Å²) in [5, 5.41) is 4.99. The van der Waals surface area contributed by atoms with Gasteiger partial charge in [0, 0.05) is 58.8 Å². The van der Waals surface area contributed by atoms with Gasteiger partial charge in [0.15, 0.2) is 0 Å². The van der Waals surface area contributed by atoms with E-state index in [4.69, 9.17) is 4.74 Å². The highest BCUT2D eigenvalue weighted by Crippen LogP contribution is 2.21. The predicted octanol–water partition coefficient (Wildman–Crippen LogP) is 0.283. The van der Waals surface area contributed by atoms with E-state index >= 15 is 0 Å². The topological polar surface area (TPSA) is 82.2 Å².